The van der Waals surface area contributed by atoms with Crippen LogP contribution in [0.15, 0.2) is 4.99 Å². The fourth-order valence-electron chi connectivity index (χ4n) is 4.03. The molecule has 1 saturated heterocycles. The summed E-state index contributed by atoms with van der Waals surface area (Å²) in [4.78, 5) is 7.41. The molecule has 134 valence electrons. The number of nitrogens with zero attached hydrogens (tertiary/aromatic N) is 2. The summed E-state index contributed by atoms with van der Waals surface area (Å²) in [6.07, 6.45) is 9.29. The molecule has 1 saturated carbocycles. The van der Waals surface area contributed by atoms with Crippen molar-refractivity contribution < 1.29 is 0 Å². The van der Waals surface area contributed by atoms with Crippen LogP contribution in [0.25, 0.3) is 0 Å². The Kier molecular flexibility index (Phi) is 8.21. The van der Waals surface area contributed by atoms with E-state index in [1.807, 2.05) is 0 Å². The molecule has 0 aromatic rings. The largest absolute Gasteiger partial charge is 0.357 e. The van der Waals surface area contributed by atoms with Gasteiger partial charge in [0, 0.05) is 19.1 Å². The topological polar surface area (TPSA) is 39.7 Å². The van der Waals surface area contributed by atoms with Crippen LogP contribution in [0.2, 0.25) is 0 Å². The third-order valence-corrected chi connectivity index (χ3v) is 5.58. The molecule has 0 aromatic carbocycles. The van der Waals surface area contributed by atoms with Crippen molar-refractivity contribution in [3.63, 3.8) is 0 Å². The van der Waals surface area contributed by atoms with Crippen LogP contribution < -0.4 is 10.6 Å². The van der Waals surface area contributed by atoms with E-state index in [0.717, 1.165) is 30.9 Å². The summed E-state index contributed by atoms with van der Waals surface area (Å²) >= 11 is 0. The summed E-state index contributed by atoms with van der Waals surface area (Å²) in [5.74, 6) is 2.77. The van der Waals surface area contributed by atoms with Gasteiger partial charge in [0.15, 0.2) is 5.96 Å². The van der Waals surface area contributed by atoms with E-state index >= 15 is 0 Å². The van der Waals surface area contributed by atoms with Gasteiger partial charge in [-0.2, -0.15) is 0 Å². The van der Waals surface area contributed by atoms with Crippen molar-refractivity contribution >= 4 is 5.96 Å². The van der Waals surface area contributed by atoms with Crippen molar-refractivity contribution in [1.82, 2.24) is 15.5 Å². The summed E-state index contributed by atoms with van der Waals surface area (Å²) in [6.45, 7) is 12.5. The summed E-state index contributed by atoms with van der Waals surface area (Å²) in [5, 5.41) is 7.10. The average Bonchev–Trinajstić information content (AvgIpc) is 2.56. The number of nitrogens with one attached hydrogen (secondary N) is 2. The quantitative estimate of drug-likeness (QED) is 0.582. The van der Waals surface area contributed by atoms with E-state index in [0.29, 0.717) is 6.04 Å². The molecule has 0 radical (unpaired) electrons. The van der Waals surface area contributed by atoms with Gasteiger partial charge in [0.25, 0.3) is 0 Å². The van der Waals surface area contributed by atoms with Crippen molar-refractivity contribution in [3.05, 3.63) is 0 Å². The van der Waals surface area contributed by atoms with Gasteiger partial charge in [0.05, 0.1) is 0 Å². The normalized spacial score (nSPS) is 27.9. The zero-order chi connectivity index (χ0) is 16.5. The smallest absolute Gasteiger partial charge is 0.191 e. The Balaban J connectivity index is 1.72. The van der Waals surface area contributed by atoms with Gasteiger partial charge in [-0.05, 0) is 70.5 Å². The third-order valence-electron chi connectivity index (χ3n) is 5.58. The van der Waals surface area contributed by atoms with Gasteiger partial charge in [-0.25, -0.2) is 0 Å². The van der Waals surface area contributed by atoms with Gasteiger partial charge in [0.1, 0.15) is 0 Å². The molecule has 2 unspecified atom stereocenters. The van der Waals surface area contributed by atoms with Gasteiger partial charge in [0.2, 0.25) is 0 Å². The van der Waals surface area contributed by atoms with Crippen LogP contribution in [0.4, 0.5) is 0 Å². The lowest BCUT2D eigenvalue weighted by molar-refractivity contribution is 0.188. The molecule has 0 amide bonds. The molecule has 4 heteroatoms. The minimum Gasteiger partial charge on any atom is -0.357 e. The van der Waals surface area contributed by atoms with E-state index in [1.54, 1.807) is 0 Å². The highest BCUT2D eigenvalue weighted by molar-refractivity contribution is 5.80. The molecule has 2 fully saturated rings. The summed E-state index contributed by atoms with van der Waals surface area (Å²) < 4.78 is 0. The summed E-state index contributed by atoms with van der Waals surface area (Å²) in [6, 6.07) is 0.615. The standard InChI is InChI=1S/C19H38N4/c1-4-20-19(22-18-8-6-7-16(3)15-18)21-12-9-17-10-13-23(5-2)14-11-17/h16-18H,4-15H2,1-3H3,(H2,20,21,22). The molecular formula is C19H38N4. The molecule has 1 aliphatic heterocycles. The first-order chi connectivity index (χ1) is 11.2. The molecule has 2 rings (SSSR count). The molecule has 1 aliphatic carbocycles. The number of hydrogen-bond donors (Lipinski definition) is 2. The lowest BCUT2D eigenvalue weighted by Gasteiger charge is -2.31. The van der Waals surface area contributed by atoms with Crippen LogP contribution in [0, 0.1) is 11.8 Å². The number of likely N-dealkylation sites (tertiary alicyclic amines) is 1. The van der Waals surface area contributed by atoms with Crippen molar-refractivity contribution in [2.75, 3.05) is 32.7 Å². The molecule has 4 nitrogen and oxygen atoms in total. The first-order valence-corrected chi connectivity index (χ1v) is 9.98. The van der Waals surface area contributed by atoms with E-state index in [-0.39, 0.29) is 0 Å². The number of hydrogen-bond acceptors (Lipinski definition) is 2. The molecule has 1 heterocycles. The minimum atomic E-state index is 0.615. The predicted octanol–water partition coefficient (Wildman–Crippen LogP) is 3.24. The number of guanidine groups is 1. The Hall–Kier alpha value is -0.770. The van der Waals surface area contributed by atoms with Crippen molar-refractivity contribution in [1.29, 1.82) is 0 Å². The Morgan fingerprint density at radius 2 is 1.91 bits per heavy atom. The van der Waals surface area contributed by atoms with Crippen LogP contribution in [0.1, 0.15) is 65.7 Å². The molecule has 23 heavy (non-hydrogen) atoms. The van der Waals surface area contributed by atoms with Crippen LogP contribution >= 0.6 is 0 Å². The van der Waals surface area contributed by atoms with Gasteiger partial charge in [-0.15, -0.1) is 0 Å². The van der Waals surface area contributed by atoms with Crippen molar-refractivity contribution in [3.8, 4) is 0 Å². The highest BCUT2D eigenvalue weighted by Gasteiger charge is 2.20. The van der Waals surface area contributed by atoms with E-state index in [4.69, 9.17) is 4.99 Å². The zero-order valence-electron chi connectivity index (χ0n) is 15.6. The monoisotopic (exact) mass is 322 g/mol. The number of rotatable bonds is 6. The van der Waals surface area contributed by atoms with Crippen molar-refractivity contribution in [2.24, 2.45) is 16.8 Å². The average molecular weight is 323 g/mol. The number of aliphatic imine (C=N–C) groups is 1. The maximum absolute atomic E-state index is 4.85. The van der Waals surface area contributed by atoms with Gasteiger partial charge in [-0.3, -0.25) is 4.99 Å². The highest BCUT2D eigenvalue weighted by atomic mass is 15.2. The van der Waals surface area contributed by atoms with Crippen LogP contribution in [0.3, 0.4) is 0 Å². The van der Waals surface area contributed by atoms with Crippen LogP contribution in [-0.2, 0) is 0 Å². The molecule has 0 aromatic heterocycles. The fraction of sp³-hybridized carbons (Fsp3) is 0.947. The van der Waals surface area contributed by atoms with Crippen LogP contribution in [0.5, 0.6) is 0 Å². The van der Waals surface area contributed by atoms with E-state index in [9.17, 15) is 0 Å². The second kappa shape index (κ2) is 10.2. The molecule has 0 spiro atoms. The third kappa shape index (κ3) is 6.70. The summed E-state index contributed by atoms with van der Waals surface area (Å²) in [7, 11) is 0. The molecule has 2 N–H and O–H groups in total. The minimum absolute atomic E-state index is 0.615. The maximum Gasteiger partial charge on any atom is 0.191 e. The van der Waals surface area contributed by atoms with E-state index < -0.39 is 0 Å². The highest BCUT2D eigenvalue weighted by Crippen LogP contribution is 2.23. The van der Waals surface area contributed by atoms with Gasteiger partial charge in [-0.1, -0.05) is 26.7 Å². The Labute approximate surface area is 143 Å². The summed E-state index contributed by atoms with van der Waals surface area (Å²) in [5.41, 5.74) is 0. The van der Waals surface area contributed by atoms with Crippen molar-refractivity contribution in [2.45, 2.75) is 71.8 Å². The lowest BCUT2D eigenvalue weighted by atomic mass is 9.87. The SMILES string of the molecule is CCNC(=NCCC1CCN(CC)CC1)NC1CCCC(C)C1. The maximum atomic E-state index is 4.85. The van der Waals surface area contributed by atoms with Gasteiger partial charge >= 0.3 is 0 Å². The number of piperidine rings is 1. The fourth-order valence-corrected chi connectivity index (χ4v) is 4.03. The second-order valence-corrected chi connectivity index (χ2v) is 7.54. The zero-order valence-corrected chi connectivity index (χ0v) is 15.6. The second-order valence-electron chi connectivity index (χ2n) is 7.54. The molecular weight excluding hydrogens is 284 g/mol. The predicted molar refractivity (Wildman–Crippen MR) is 100.0 cm³/mol. The molecule has 0 bridgehead atoms. The lowest BCUT2D eigenvalue weighted by Crippen LogP contribution is -2.45. The molecule has 2 atom stereocenters. The Bertz CT molecular complexity index is 347. The van der Waals surface area contributed by atoms with E-state index in [2.05, 4.69) is 36.3 Å². The first-order valence-electron chi connectivity index (χ1n) is 9.98. The first kappa shape index (κ1) is 18.6. The Morgan fingerprint density at radius 1 is 1.13 bits per heavy atom. The Morgan fingerprint density at radius 3 is 2.57 bits per heavy atom. The van der Waals surface area contributed by atoms with Gasteiger partial charge < -0.3 is 15.5 Å². The van der Waals surface area contributed by atoms with E-state index in [1.165, 1.54) is 64.6 Å². The molecule has 2 aliphatic rings. The van der Waals surface area contributed by atoms with Crippen LogP contribution in [-0.4, -0.2) is 49.6 Å².